The van der Waals surface area contributed by atoms with Crippen LogP contribution in [0.4, 0.5) is 11.4 Å². The number of methoxy groups -OCH3 is 1. The van der Waals surface area contributed by atoms with Crippen molar-refractivity contribution in [3.63, 3.8) is 0 Å². The number of hydrogen-bond acceptors (Lipinski definition) is 5. The Morgan fingerprint density at radius 2 is 1.90 bits per heavy atom. The zero-order chi connectivity index (χ0) is 22.4. The Labute approximate surface area is 185 Å². The summed E-state index contributed by atoms with van der Waals surface area (Å²) in [5.74, 6) is 0.711. The number of amides is 1. The molecule has 2 aromatic rings. The molecule has 1 N–H and O–H groups in total. The first-order chi connectivity index (χ1) is 14.8. The van der Waals surface area contributed by atoms with Crippen molar-refractivity contribution in [2.45, 2.75) is 26.3 Å². The van der Waals surface area contributed by atoms with Crippen LogP contribution in [-0.2, 0) is 21.4 Å². The van der Waals surface area contributed by atoms with E-state index < -0.39 is 10.0 Å². The molecule has 1 amide bonds. The molecule has 31 heavy (non-hydrogen) atoms. The second-order valence-corrected chi connectivity index (χ2v) is 9.98. The van der Waals surface area contributed by atoms with Crippen LogP contribution in [0, 0.1) is 5.92 Å². The number of sulfonamides is 1. The molecule has 0 radical (unpaired) electrons. The fourth-order valence-electron chi connectivity index (χ4n) is 3.85. The van der Waals surface area contributed by atoms with Crippen molar-refractivity contribution in [1.29, 1.82) is 0 Å². The van der Waals surface area contributed by atoms with Gasteiger partial charge in [0.1, 0.15) is 12.3 Å². The maximum Gasteiger partial charge on any atom is 0.241 e. The SMILES string of the molecule is COc1ccccc1N(CC(=O)NCc1ccc(N2CCCC(C)C2)cc1)S(C)(=O)=O. The summed E-state index contributed by atoms with van der Waals surface area (Å²) in [4.78, 5) is 14.9. The molecule has 1 aliphatic rings. The van der Waals surface area contributed by atoms with Crippen LogP contribution in [0.25, 0.3) is 0 Å². The van der Waals surface area contributed by atoms with Gasteiger partial charge in [-0.15, -0.1) is 0 Å². The predicted octanol–water partition coefficient (Wildman–Crippen LogP) is 3.01. The molecule has 1 atom stereocenters. The molecule has 3 rings (SSSR count). The van der Waals surface area contributed by atoms with Gasteiger partial charge in [-0.05, 0) is 48.6 Å². The molecule has 2 aromatic carbocycles. The third kappa shape index (κ3) is 6.13. The maximum atomic E-state index is 12.5. The van der Waals surface area contributed by atoms with E-state index in [1.54, 1.807) is 24.3 Å². The van der Waals surface area contributed by atoms with E-state index in [0.717, 1.165) is 29.2 Å². The highest BCUT2D eigenvalue weighted by atomic mass is 32.2. The summed E-state index contributed by atoms with van der Waals surface area (Å²) in [5.41, 5.74) is 2.49. The minimum absolute atomic E-state index is 0.317. The number of piperidine rings is 1. The van der Waals surface area contributed by atoms with Crippen LogP contribution >= 0.6 is 0 Å². The van der Waals surface area contributed by atoms with Crippen LogP contribution in [0.3, 0.4) is 0 Å². The van der Waals surface area contributed by atoms with Gasteiger partial charge < -0.3 is 15.0 Å². The summed E-state index contributed by atoms with van der Waals surface area (Å²) in [7, 11) is -2.20. The lowest BCUT2D eigenvalue weighted by atomic mass is 9.99. The zero-order valence-corrected chi connectivity index (χ0v) is 19.2. The smallest absolute Gasteiger partial charge is 0.241 e. The molecule has 1 fully saturated rings. The highest BCUT2D eigenvalue weighted by Crippen LogP contribution is 2.29. The fraction of sp³-hybridized carbons (Fsp3) is 0.435. The topological polar surface area (TPSA) is 79.0 Å². The zero-order valence-electron chi connectivity index (χ0n) is 18.4. The highest BCUT2D eigenvalue weighted by Gasteiger charge is 2.23. The normalized spacial score (nSPS) is 16.6. The molecule has 0 saturated carbocycles. The van der Waals surface area contributed by atoms with E-state index in [2.05, 4.69) is 29.3 Å². The van der Waals surface area contributed by atoms with Crippen LogP contribution in [0.5, 0.6) is 5.75 Å². The van der Waals surface area contributed by atoms with Crippen LogP contribution in [-0.4, -0.2) is 47.3 Å². The minimum atomic E-state index is -3.66. The largest absolute Gasteiger partial charge is 0.495 e. The fourth-order valence-corrected chi connectivity index (χ4v) is 4.71. The van der Waals surface area contributed by atoms with Crippen molar-refractivity contribution < 1.29 is 17.9 Å². The van der Waals surface area contributed by atoms with E-state index in [-0.39, 0.29) is 12.5 Å². The average molecular weight is 446 g/mol. The van der Waals surface area contributed by atoms with Crippen molar-refractivity contribution in [3.05, 3.63) is 54.1 Å². The van der Waals surface area contributed by atoms with Gasteiger partial charge in [-0.3, -0.25) is 9.10 Å². The number of rotatable bonds is 8. The van der Waals surface area contributed by atoms with Crippen molar-refractivity contribution in [2.75, 3.05) is 42.2 Å². The lowest BCUT2D eigenvalue weighted by Gasteiger charge is -2.32. The lowest BCUT2D eigenvalue weighted by molar-refractivity contribution is -0.119. The Balaban J connectivity index is 1.61. The monoisotopic (exact) mass is 445 g/mol. The summed E-state index contributed by atoms with van der Waals surface area (Å²) in [6, 6.07) is 14.9. The molecule has 1 saturated heterocycles. The molecular weight excluding hydrogens is 414 g/mol. The number of anilines is 2. The summed E-state index contributed by atoms with van der Waals surface area (Å²) < 4.78 is 30.9. The Morgan fingerprint density at radius 1 is 1.19 bits per heavy atom. The first kappa shape index (κ1) is 22.9. The van der Waals surface area contributed by atoms with E-state index >= 15 is 0 Å². The Hall–Kier alpha value is -2.74. The van der Waals surface area contributed by atoms with Gasteiger partial charge in [-0.2, -0.15) is 0 Å². The van der Waals surface area contributed by atoms with Crippen LogP contribution in [0.15, 0.2) is 48.5 Å². The van der Waals surface area contributed by atoms with E-state index in [1.807, 2.05) is 12.1 Å². The van der Waals surface area contributed by atoms with Crippen molar-refractivity contribution in [3.8, 4) is 5.75 Å². The van der Waals surface area contributed by atoms with Gasteiger partial charge in [0.05, 0.1) is 19.1 Å². The summed E-state index contributed by atoms with van der Waals surface area (Å²) in [6.45, 7) is 4.44. The van der Waals surface area contributed by atoms with Crippen molar-refractivity contribution in [2.24, 2.45) is 5.92 Å². The molecule has 1 aliphatic heterocycles. The average Bonchev–Trinajstić information content (AvgIpc) is 2.75. The number of nitrogens with one attached hydrogen (secondary N) is 1. The lowest BCUT2D eigenvalue weighted by Crippen LogP contribution is -2.40. The molecular formula is C23H31N3O4S. The molecule has 7 nitrogen and oxygen atoms in total. The maximum absolute atomic E-state index is 12.5. The first-order valence-electron chi connectivity index (χ1n) is 10.5. The Morgan fingerprint density at radius 3 is 2.55 bits per heavy atom. The Kier molecular flexibility index (Phi) is 7.43. The summed E-state index contributed by atoms with van der Waals surface area (Å²) in [6.07, 6.45) is 3.56. The highest BCUT2D eigenvalue weighted by molar-refractivity contribution is 7.92. The first-order valence-corrected chi connectivity index (χ1v) is 12.3. The molecule has 1 heterocycles. The minimum Gasteiger partial charge on any atom is -0.495 e. The van der Waals surface area contributed by atoms with Crippen molar-refractivity contribution >= 4 is 27.3 Å². The molecule has 1 unspecified atom stereocenters. The second kappa shape index (κ2) is 10.0. The summed E-state index contributed by atoms with van der Waals surface area (Å²) >= 11 is 0. The third-order valence-corrected chi connectivity index (χ3v) is 6.62. The van der Waals surface area contributed by atoms with Gasteiger partial charge in [0.15, 0.2) is 0 Å². The molecule has 0 aromatic heterocycles. The van der Waals surface area contributed by atoms with E-state index in [1.165, 1.54) is 25.6 Å². The molecule has 0 bridgehead atoms. The van der Waals surface area contributed by atoms with E-state index in [9.17, 15) is 13.2 Å². The predicted molar refractivity (Wildman–Crippen MR) is 124 cm³/mol. The van der Waals surface area contributed by atoms with Gasteiger partial charge in [0.2, 0.25) is 15.9 Å². The van der Waals surface area contributed by atoms with Gasteiger partial charge in [0.25, 0.3) is 0 Å². The van der Waals surface area contributed by atoms with Crippen LogP contribution in [0.1, 0.15) is 25.3 Å². The second-order valence-electron chi connectivity index (χ2n) is 8.08. The number of nitrogens with zero attached hydrogens (tertiary/aromatic N) is 2. The standard InChI is InChI=1S/C23H31N3O4S/c1-18-7-6-14-25(16-18)20-12-10-19(11-13-20)15-24-23(27)17-26(31(3,28)29)21-8-4-5-9-22(21)30-2/h4-5,8-13,18H,6-7,14-17H2,1-3H3,(H,24,27). The third-order valence-electron chi connectivity index (χ3n) is 5.49. The Bertz CT molecular complexity index is 992. The number of para-hydroxylation sites is 2. The van der Waals surface area contributed by atoms with Crippen LogP contribution in [0.2, 0.25) is 0 Å². The van der Waals surface area contributed by atoms with Gasteiger partial charge in [-0.25, -0.2) is 8.42 Å². The number of carbonyl (C=O) groups excluding carboxylic acids is 1. The van der Waals surface area contributed by atoms with Crippen LogP contribution < -0.4 is 19.3 Å². The summed E-state index contributed by atoms with van der Waals surface area (Å²) in [5, 5.41) is 2.82. The molecule has 0 spiro atoms. The molecule has 168 valence electrons. The number of carbonyl (C=O) groups is 1. The van der Waals surface area contributed by atoms with E-state index in [0.29, 0.717) is 23.9 Å². The quantitative estimate of drug-likeness (QED) is 0.676. The molecule has 8 heteroatoms. The van der Waals surface area contributed by atoms with Gasteiger partial charge >= 0.3 is 0 Å². The van der Waals surface area contributed by atoms with Crippen molar-refractivity contribution in [1.82, 2.24) is 5.32 Å². The van der Waals surface area contributed by atoms with Gasteiger partial charge in [0, 0.05) is 25.3 Å². The van der Waals surface area contributed by atoms with Gasteiger partial charge in [-0.1, -0.05) is 31.2 Å². The number of ether oxygens (including phenoxy) is 1. The number of hydrogen-bond donors (Lipinski definition) is 1. The van der Waals surface area contributed by atoms with E-state index in [4.69, 9.17) is 4.74 Å². The molecule has 0 aliphatic carbocycles. The number of benzene rings is 2.